The maximum atomic E-state index is 11.1. The molecule has 0 saturated heterocycles. The van der Waals surface area contributed by atoms with Gasteiger partial charge in [0.1, 0.15) is 5.69 Å². The van der Waals surface area contributed by atoms with Crippen LogP contribution in [0.3, 0.4) is 0 Å². The van der Waals surface area contributed by atoms with Gasteiger partial charge in [-0.3, -0.25) is 9.67 Å². The first-order valence-corrected chi connectivity index (χ1v) is 6.15. The third kappa shape index (κ3) is 3.80. The van der Waals surface area contributed by atoms with Gasteiger partial charge in [0.2, 0.25) is 0 Å². The van der Waals surface area contributed by atoms with Gasteiger partial charge in [0.25, 0.3) is 0 Å². The summed E-state index contributed by atoms with van der Waals surface area (Å²) < 4.78 is 6.52. The van der Waals surface area contributed by atoms with E-state index in [0.29, 0.717) is 19.7 Å². The molecule has 2 heterocycles. The highest BCUT2D eigenvalue weighted by molar-refractivity contribution is 5.66. The quantitative estimate of drug-likeness (QED) is 0.888. The average Bonchev–Trinajstić information content (AvgIpc) is 2.89. The Morgan fingerprint density at radius 1 is 1.37 bits per heavy atom. The number of ether oxygens (including phenoxy) is 1. The molecule has 2 aromatic heterocycles. The number of carbonyl (C=O) groups excluding carboxylic acids is 1. The zero-order valence-corrected chi connectivity index (χ0v) is 10.7. The molecule has 0 aliphatic heterocycles. The Morgan fingerprint density at radius 2 is 2.26 bits per heavy atom. The van der Waals surface area contributed by atoms with Crippen molar-refractivity contribution in [3.8, 4) is 11.4 Å². The Bertz CT molecular complexity index is 524. The predicted octanol–water partition coefficient (Wildman–Crippen LogP) is 1.69. The molecule has 19 heavy (non-hydrogen) atoms. The Hall–Kier alpha value is -2.37. The Labute approximate surface area is 111 Å². The maximum absolute atomic E-state index is 11.1. The number of amides is 1. The fourth-order valence-corrected chi connectivity index (χ4v) is 1.59. The molecule has 0 unspecified atom stereocenters. The van der Waals surface area contributed by atoms with Gasteiger partial charge in [-0.25, -0.2) is 4.79 Å². The van der Waals surface area contributed by atoms with Crippen LogP contribution < -0.4 is 5.32 Å². The average molecular weight is 260 g/mol. The Balaban J connectivity index is 1.86. The van der Waals surface area contributed by atoms with Gasteiger partial charge >= 0.3 is 6.09 Å². The Morgan fingerprint density at radius 3 is 3.00 bits per heavy atom. The summed E-state index contributed by atoms with van der Waals surface area (Å²) in [6.07, 6.45) is 3.19. The summed E-state index contributed by atoms with van der Waals surface area (Å²) in [5.74, 6) is 0. The van der Waals surface area contributed by atoms with E-state index in [1.807, 2.05) is 30.5 Å². The number of nitrogens with one attached hydrogen (secondary N) is 1. The highest BCUT2D eigenvalue weighted by atomic mass is 16.5. The lowest BCUT2D eigenvalue weighted by molar-refractivity contribution is 0.152. The summed E-state index contributed by atoms with van der Waals surface area (Å²) >= 11 is 0. The number of pyridine rings is 1. The van der Waals surface area contributed by atoms with E-state index < -0.39 is 6.09 Å². The van der Waals surface area contributed by atoms with Crippen LogP contribution in [-0.2, 0) is 11.3 Å². The number of rotatable bonds is 5. The topological polar surface area (TPSA) is 69.0 Å². The van der Waals surface area contributed by atoms with Gasteiger partial charge in [0, 0.05) is 18.9 Å². The van der Waals surface area contributed by atoms with Gasteiger partial charge in [0.15, 0.2) is 0 Å². The van der Waals surface area contributed by atoms with Crippen LogP contribution in [-0.4, -0.2) is 34.0 Å². The van der Waals surface area contributed by atoms with Crippen molar-refractivity contribution in [3.63, 3.8) is 0 Å². The molecule has 2 rings (SSSR count). The molecule has 100 valence electrons. The number of carbonyl (C=O) groups is 1. The summed E-state index contributed by atoms with van der Waals surface area (Å²) in [6, 6.07) is 7.59. The lowest BCUT2D eigenvalue weighted by Gasteiger charge is -2.05. The van der Waals surface area contributed by atoms with Crippen molar-refractivity contribution in [1.29, 1.82) is 0 Å². The van der Waals surface area contributed by atoms with E-state index in [0.717, 1.165) is 11.4 Å². The minimum absolute atomic E-state index is 0.372. The van der Waals surface area contributed by atoms with Crippen LogP contribution in [0.5, 0.6) is 0 Å². The first kappa shape index (κ1) is 13.1. The molecule has 0 atom stereocenters. The van der Waals surface area contributed by atoms with E-state index in [1.165, 1.54) is 0 Å². The van der Waals surface area contributed by atoms with Crippen molar-refractivity contribution in [2.75, 3.05) is 13.2 Å². The molecule has 0 spiro atoms. The van der Waals surface area contributed by atoms with Crippen molar-refractivity contribution in [3.05, 3.63) is 36.7 Å². The number of alkyl carbamates (subject to hydrolysis) is 1. The summed E-state index contributed by atoms with van der Waals surface area (Å²) in [5.41, 5.74) is 1.65. The second kappa shape index (κ2) is 6.53. The standard InChI is InChI=1S/C13H16N4O2/c1-2-19-13(18)15-8-10-17-9-6-12(16-17)11-5-3-4-7-14-11/h3-7,9H,2,8,10H2,1H3,(H,15,18). The predicted molar refractivity (Wildman–Crippen MR) is 70.5 cm³/mol. The molecule has 1 N–H and O–H groups in total. The number of hydrogen-bond acceptors (Lipinski definition) is 4. The van der Waals surface area contributed by atoms with Crippen LogP contribution in [0.2, 0.25) is 0 Å². The van der Waals surface area contributed by atoms with Crippen molar-refractivity contribution in [2.24, 2.45) is 0 Å². The van der Waals surface area contributed by atoms with Gasteiger partial charge in [-0.15, -0.1) is 0 Å². The largest absolute Gasteiger partial charge is 0.450 e. The molecule has 1 amide bonds. The van der Waals surface area contributed by atoms with Crippen molar-refractivity contribution >= 4 is 6.09 Å². The van der Waals surface area contributed by atoms with E-state index in [9.17, 15) is 4.79 Å². The minimum Gasteiger partial charge on any atom is -0.450 e. The molecule has 0 saturated carbocycles. The van der Waals surface area contributed by atoms with E-state index >= 15 is 0 Å². The minimum atomic E-state index is -0.403. The lowest BCUT2D eigenvalue weighted by atomic mass is 10.3. The summed E-state index contributed by atoms with van der Waals surface area (Å²) in [6.45, 7) is 3.21. The number of aromatic nitrogens is 3. The van der Waals surface area contributed by atoms with E-state index in [1.54, 1.807) is 17.8 Å². The molecule has 0 aliphatic carbocycles. The van der Waals surface area contributed by atoms with Crippen LogP contribution >= 0.6 is 0 Å². The van der Waals surface area contributed by atoms with Crippen LogP contribution in [0.15, 0.2) is 36.7 Å². The summed E-state index contributed by atoms with van der Waals surface area (Å²) in [7, 11) is 0. The SMILES string of the molecule is CCOC(=O)NCCn1ccc(-c2ccccn2)n1. The van der Waals surface area contributed by atoms with Gasteiger partial charge < -0.3 is 10.1 Å². The van der Waals surface area contributed by atoms with Crippen molar-refractivity contribution in [2.45, 2.75) is 13.5 Å². The molecule has 6 nitrogen and oxygen atoms in total. The van der Waals surface area contributed by atoms with Crippen LogP contribution in [0, 0.1) is 0 Å². The van der Waals surface area contributed by atoms with E-state index in [2.05, 4.69) is 15.4 Å². The smallest absolute Gasteiger partial charge is 0.407 e. The highest BCUT2D eigenvalue weighted by Crippen LogP contribution is 2.12. The molecule has 0 bridgehead atoms. The second-order valence-electron chi connectivity index (χ2n) is 3.83. The van der Waals surface area contributed by atoms with Crippen LogP contribution in [0.25, 0.3) is 11.4 Å². The molecule has 6 heteroatoms. The normalized spacial score (nSPS) is 10.2. The lowest BCUT2D eigenvalue weighted by Crippen LogP contribution is -2.27. The monoisotopic (exact) mass is 260 g/mol. The first-order valence-electron chi connectivity index (χ1n) is 6.15. The van der Waals surface area contributed by atoms with Crippen molar-refractivity contribution < 1.29 is 9.53 Å². The van der Waals surface area contributed by atoms with Crippen LogP contribution in [0.4, 0.5) is 4.79 Å². The first-order chi connectivity index (χ1) is 9.29. The van der Waals surface area contributed by atoms with Crippen molar-refractivity contribution in [1.82, 2.24) is 20.1 Å². The van der Waals surface area contributed by atoms with Crippen LogP contribution in [0.1, 0.15) is 6.92 Å². The van der Waals surface area contributed by atoms with E-state index in [4.69, 9.17) is 4.74 Å². The molecule has 0 aromatic carbocycles. The Kier molecular flexibility index (Phi) is 4.49. The number of hydrogen-bond donors (Lipinski definition) is 1. The zero-order valence-electron chi connectivity index (χ0n) is 10.7. The second-order valence-corrected chi connectivity index (χ2v) is 3.83. The van der Waals surface area contributed by atoms with Gasteiger partial charge in [-0.2, -0.15) is 5.10 Å². The third-order valence-corrected chi connectivity index (χ3v) is 2.45. The maximum Gasteiger partial charge on any atom is 0.407 e. The molecular weight excluding hydrogens is 244 g/mol. The van der Waals surface area contributed by atoms with Gasteiger partial charge in [-0.1, -0.05) is 6.07 Å². The summed E-state index contributed by atoms with van der Waals surface area (Å²) in [4.78, 5) is 15.3. The molecule has 0 aliphatic rings. The van der Waals surface area contributed by atoms with Gasteiger partial charge in [0.05, 0.1) is 18.8 Å². The fourth-order valence-electron chi connectivity index (χ4n) is 1.59. The number of nitrogens with zero attached hydrogens (tertiary/aromatic N) is 3. The molecule has 2 aromatic rings. The molecular formula is C13H16N4O2. The summed E-state index contributed by atoms with van der Waals surface area (Å²) in [5, 5.41) is 7.03. The van der Waals surface area contributed by atoms with E-state index in [-0.39, 0.29) is 0 Å². The zero-order chi connectivity index (χ0) is 13.5. The van der Waals surface area contributed by atoms with Gasteiger partial charge in [-0.05, 0) is 25.1 Å². The fraction of sp³-hybridized carbons (Fsp3) is 0.308. The highest BCUT2D eigenvalue weighted by Gasteiger charge is 2.03. The molecule has 0 fully saturated rings. The molecule has 0 radical (unpaired) electrons. The third-order valence-electron chi connectivity index (χ3n) is 2.45.